The van der Waals surface area contributed by atoms with Crippen LogP contribution in [0.15, 0.2) is 35.4 Å². The molecule has 1 saturated heterocycles. The lowest BCUT2D eigenvalue weighted by Gasteiger charge is -2.43. The number of piperidine rings is 1. The number of hydrogen-bond donors (Lipinski definition) is 1. The van der Waals surface area contributed by atoms with Gasteiger partial charge in [0, 0.05) is 67.4 Å². The average Bonchev–Trinajstić information content (AvgIpc) is 2.61. The van der Waals surface area contributed by atoms with E-state index in [2.05, 4.69) is 29.8 Å². The second kappa shape index (κ2) is 7.12. The highest BCUT2D eigenvalue weighted by atomic mass is 16.3. The van der Waals surface area contributed by atoms with Crippen molar-refractivity contribution in [2.75, 3.05) is 19.6 Å². The number of likely N-dealkylation sites (tertiary alicyclic amines) is 1. The number of pyridine rings is 2. The van der Waals surface area contributed by atoms with Crippen molar-refractivity contribution >= 4 is 0 Å². The van der Waals surface area contributed by atoms with E-state index < -0.39 is 5.60 Å². The van der Waals surface area contributed by atoms with Gasteiger partial charge in [-0.05, 0) is 49.8 Å². The van der Waals surface area contributed by atoms with Gasteiger partial charge in [-0.15, -0.1) is 0 Å². The molecule has 0 radical (unpaired) electrons. The smallest absolute Gasteiger partial charge is 0.251 e. The maximum atomic E-state index is 12.9. The summed E-state index contributed by atoms with van der Waals surface area (Å²) < 4.78 is 1.99. The number of nitrogens with zero attached hydrogens (tertiary/aromatic N) is 3. The van der Waals surface area contributed by atoms with E-state index in [1.807, 2.05) is 10.6 Å². The number of fused-ring (bicyclic) bond motifs is 4. The Kier molecular flexibility index (Phi) is 4.92. The number of aromatic nitrogens is 2. The zero-order valence-corrected chi connectivity index (χ0v) is 17.4. The van der Waals surface area contributed by atoms with Crippen molar-refractivity contribution < 1.29 is 5.11 Å². The van der Waals surface area contributed by atoms with E-state index in [9.17, 15) is 9.90 Å². The fourth-order valence-electron chi connectivity index (χ4n) is 4.82. The highest BCUT2D eigenvalue weighted by molar-refractivity contribution is 5.63. The Morgan fingerprint density at radius 1 is 1.14 bits per heavy atom. The van der Waals surface area contributed by atoms with Crippen LogP contribution in [0, 0.1) is 11.8 Å². The lowest BCUT2D eigenvalue weighted by Crippen LogP contribution is -2.48. The molecular weight excluding hydrogens is 350 g/mol. The van der Waals surface area contributed by atoms with Crippen molar-refractivity contribution in [1.29, 1.82) is 0 Å². The first-order valence-electron chi connectivity index (χ1n) is 10.4. The van der Waals surface area contributed by atoms with Crippen LogP contribution < -0.4 is 5.56 Å². The summed E-state index contributed by atoms with van der Waals surface area (Å²) in [6.07, 6.45) is 4.63. The number of aliphatic hydroxyl groups is 1. The van der Waals surface area contributed by atoms with E-state index in [0.29, 0.717) is 17.8 Å². The third-order valence-corrected chi connectivity index (χ3v) is 6.03. The van der Waals surface area contributed by atoms with Gasteiger partial charge < -0.3 is 14.6 Å². The monoisotopic (exact) mass is 381 g/mol. The Bertz CT molecular complexity index is 926. The van der Waals surface area contributed by atoms with E-state index in [1.165, 1.54) is 6.42 Å². The minimum Gasteiger partial charge on any atom is -0.386 e. The van der Waals surface area contributed by atoms with Gasteiger partial charge in [-0.25, -0.2) is 0 Å². The number of hydrogen-bond acceptors (Lipinski definition) is 4. The van der Waals surface area contributed by atoms with Gasteiger partial charge in [-0.2, -0.15) is 0 Å². The first-order chi connectivity index (χ1) is 13.2. The van der Waals surface area contributed by atoms with Gasteiger partial charge in [-0.1, -0.05) is 13.8 Å². The first kappa shape index (κ1) is 19.3. The molecule has 5 heteroatoms. The highest BCUT2D eigenvalue weighted by Crippen LogP contribution is 2.37. The zero-order chi connectivity index (χ0) is 20.1. The van der Waals surface area contributed by atoms with Crippen molar-refractivity contribution in [3.05, 3.63) is 52.2 Å². The summed E-state index contributed by atoms with van der Waals surface area (Å²) in [4.78, 5) is 19.8. The molecule has 0 spiro atoms. The van der Waals surface area contributed by atoms with Gasteiger partial charge in [-0.3, -0.25) is 9.78 Å². The molecule has 28 heavy (non-hydrogen) atoms. The molecule has 2 aliphatic rings. The van der Waals surface area contributed by atoms with Crippen LogP contribution in [0.4, 0.5) is 0 Å². The minimum atomic E-state index is -0.958. The first-order valence-corrected chi connectivity index (χ1v) is 10.4. The van der Waals surface area contributed by atoms with Gasteiger partial charge in [0.25, 0.3) is 5.56 Å². The summed E-state index contributed by atoms with van der Waals surface area (Å²) >= 11 is 0. The molecule has 2 aliphatic heterocycles. The van der Waals surface area contributed by atoms with E-state index in [-0.39, 0.29) is 5.56 Å². The Morgan fingerprint density at radius 2 is 1.93 bits per heavy atom. The Labute approximate surface area is 167 Å². The third-order valence-electron chi connectivity index (χ3n) is 6.03. The molecular formula is C23H31N3O2. The lowest BCUT2D eigenvalue weighted by molar-refractivity contribution is 0.0783. The molecule has 0 amide bonds. The van der Waals surface area contributed by atoms with Crippen LogP contribution in [-0.4, -0.2) is 39.2 Å². The maximum absolute atomic E-state index is 12.9. The number of rotatable bonds is 4. The molecule has 2 bridgehead atoms. The summed E-state index contributed by atoms with van der Waals surface area (Å²) in [6, 6.07) is 5.84. The van der Waals surface area contributed by atoms with Gasteiger partial charge in [0.05, 0.1) is 5.60 Å². The predicted octanol–water partition coefficient (Wildman–Crippen LogP) is 3.21. The summed E-state index contributed by atoms with van der Waals surface area (Å²) in [5.41, 5.74) is 2.81. The third kappa shape index (κ3) is 3.78. The van der Waals surface area contributed by atoms with E-state index in [4.69, 9.17) is 0 Å². The largest absolute Gasteiger partial charge is 0.386 e. The van der Waals surface area contributed by atoms with Gasteiger partial charge in [0.2, 0.25) is 0 Å². The summed E-state index contributed by atoms with van der Waals surface area (Å²) in [7, 11) is 0. The molecule has 2 aromatic heterocycles. The summed E-state index contributed by atoms with van der Waals surface area (Å²) in [6.45, 7) is 12.1. The quantitative estimate of drug-likeness (QED) is 0.884. The van der Waals surface area contributed by atoms with E-state index in [0.717, 1.165) is 48.6 Å². The molecule has 0 saturated carbocycles. The van der Waals surface area contributed by atoms with E-state index >= 15 is 0 Å². The SMILES string of the molecule is CC(C)CN1C[C@@H]2C[C@H](C1)c1cc(-c3cncc(C(C)(C)O)c3)cc(=O)n1C2. The lowest BCUT2D eigenvalue weighted by atomic mass is 9.82. The fraction of sp³-hybridized carbons (Fsp3) is 0.565. The normalized spacial score (nSPS) is 22.4. The second-order valence-corrected chi connectivity index (χ2v) is 9.55. The Morgan fingerprint density at radius 3 is 2.64 bits per heavy atom. The van der Waals surface area contributed by atoms with Gasteiger partial charge in [0.1, 0.15) is 0 Å². The van der Waals surface area contributed by atoms with Crippen molar-refractivity contribution in [1.82, 2.24) is 14.5 Å². The van der Waals surface area contributed by atoms with Gasteiger partial charge >= 0.3 is 0 Å². The molecule has 5 nitrogen and oxygen atoms in total. The van der Waals surface area contributed by atoms with Crippen LogP contribution in [0.1, 0.15) is 51.3 Å². The molecule has 1 N–H and O–H groups in total. The summed E-state index contributed by atoms with van der Waals surface area (Å²) in [5, 5.41) is 10.3. The zero-order valence-electron chi connectivity index (χ0n) is 17.4. The molecule has 2 aromatic rings. The van der Waals surface area contributed by atoms with E-state index in [1.54, 1.807) is 32.3 Å². The molecule has 1 fully saturated rings. The minimum absolute atomic E-state index is 0.0770. The molecule has 4 rings (SSSR count). The predicted molar refractivity (Wildman–Crippen MR) is 111 cm³/mol. The second-order valence-electron chi connectivity index (χ2n) is 9.55. The highest BCUT2D eigenvalue weighted by Gasteiger charge is 2.35. The van der Waals surface area contributed by atoms with Crippen LogP contribution in [0.2, 0.25) is 0 Å². The summed E-state index contributed by atoms with van der Waals surface area (Å²) in [5.74, 6) is 1.63. The van der Waals surface area contributed by atoms with Gasteiger partial charge in [0.15, 0.2) is 0 Å². The van der Waals surface area contributed by atoms with Crippen molar-refractivity contribution in [3.63, 3.8) is 0 Å². The molecule has 4 heterocycles. The van der Waals surface area contributed by atoms with Crippen LogP contribution in [-0.2, 0) is 12.1 Å². The maximum Gasteiger partial charge on any atom is 0.251 e. The van der Waals surface area contributed by atoms with Crippen molar-refractivity contribution in [3.8, 4) is 11.1 Å². The van der Waals surface area contributed by atoms with Crippen molar-refractivity contribution in [2.24, 2.45) is 11.8 Å². The molecule has 2 atom stereocenters. The fourth-order valence-corrected chi connectivity index (χ4v) is 4.82. The molecule has 0 aliphatic carbocycles. The average molecular weight is 382 g/mol. The molecule has 150 valence electrons. The van der Waals surface area contributed by atoms with Crippen LogP contribution >= 0.6 is 0 Å². The topological polar surface area (TPSA) is 58.4 Å². The van der Waals surface area contributed by atoms with Crippen molar-refractivity contribution in [2.45, 2.75) is 52.2 Å². The standard InChI is InChI=1S/C23H31N3O2/c1-15(2)11-25-12-16-5-19(14-25)21-7-17(8-22(27)26(21)13-16)18-6-20(10-24-9-18)23(3,4)28/h6-10,15-16,19,28H,5,11-14H2,1-4H3/t16-,19+/m0/s1. The van der Waals surface area contributed by atoms with Crippen LogP contribution in [0.3, 0.4) is 0 Å². The Balaban J connectivity index is 1.71. The van der Waals surface area contributed by atoms with Crippen LogP contribution in [0.5, 0.6) is 0 Å². The molecule has 0 aromatic carbocycles. The molecule has 0 unspecified atom stereocenters. The van der Waals surface area contributed by atoms with Crippen LogP contribution in [0.25, 0.3) is 11.1 Å². The Hall–Kier alpha value is -1.98.